The van der Waals surface area contributed by atoms with Gasteiger partial charge in [-0.25, -0.2) is 0 Å². The molecule has 1 saturated carbocycles. The quantitative estimate of drug-likeness (QED) is 0.535. The Labute approximate surface area is 81.4 Å². The average Bonchev–Trinajstić information content (AvgIpc) is 2.60. The lowest BCUT2D eigenvalue weighted by Gasteiger charge is -2.31. The monoisotopic (exact) mass is 190 g/mol. The van der Waals surface area contributed by atoms with E-state index in [2.05, 4.69) is 0 Å². The topological polar surface area (TPSA) is 43.4 Å². The molecule has 0 unspecified atom stereocenters. The Balaban J connectivity index is 2.22. The van der Waals surface area contributed by atoms with Crippen LogP contribution < -0.4 is 0 Å². The van der Waals surface area contributed by atoms with Crippen LogP contribution >= 0.6 is 0 Å². The molecule has 2 atom stereocenters. The second-order valence-corrected chi connectivity index (χ2v) is 4.31. The Kier molecular flexibility index (Phi) is 1.23. The van der Waals surface area contributed by atoms with Crippen molar-refractivity contribution in [2.45, 2.75) is 12.8 Å². The molecule has 0 spiro atoms. The zero-order valence-electron chi connectivity index (χ0n) is 7.66. The highest BCUT2D eigenvalue weighted by Gasteiger charge is 2.65. The molecule has 0 aromatic carbocycles. The van der Waals surface area contributed by atoms with Crippen molar-refractivity contribution in [3.63, 3.8) is 0 Å². The first-order chi connectivity index (χ1) is 6.69. The van der Waals surface area contributed by atoms with Gasteiger partial charge in [-0.05, 0) is 0 Å². The van der Waals surface area contributed by atoms with Gasteiger partial charge in [0.2, 0.25) is 0 Å². The number of carbonyl (C=O) groups excluding carboxylic acids is 2. The number of hydrogen-bond donors (Lipinski definition) is 0. The summed E-state index contributed by atoms with van der Waals surface area (Å²) < 4.78 is 5.10. The maximum absolute atomic E-state index is 11.7. The van der Waals surface area contributed by atoms with Crippen LogP contribution in [0.1, 0.15) is 12.8 Å². The molecule has 3 rings (SSSR count). The van der Waals surface area contributed by atoms with Gasteiger partial charge in [0.15, 0.2) is 0 Å². The third-order valence-electron chi connectivity index (χ3n) is 3.61. The molecule has 3 heteroatoms. The Morgan fingerprint density at radius 2 is 1.93 bits per heavy atom. The van der Waals surface area contributed by atoms with Gasteiger partial charge in [0.1, 0.15) is 17.8 Å². The number of ketones is 1. The third kappa shape index (κ3) is 0.659. The molecule has 1 aliphatic heterocycles. The van der Waals surface area contributed by atoms with E-state index < -0.39 is 5.41 Å². The van der Waals surface area contributed by atoms with E-state index in [1.165, 1.54) is 0 Å². The normalized spacial score (nSPS) is 43.7. The number of cyclic esters (lactones) is 1. The van der Waals surface area contributed by atoms with E-state index in [9.17, 15) is 9.59 Å². The molecule has 0 bridgehead atoms. The molecule has 3 nitrogen and oxygen atoms in total. The summed E-state index contributed by atoms with van der Waals surface area (Å²) in [6.07, 6.45) is 8.30. The molecule has 3 aliphatic rings. The molecule has 0 aromatic rings. The van der Waals surface area contributed by atoms with Crippen LogP contribution in [-0.2, 0) is 14.3 Å². The van der Waals surface area contributed by atoms with Crippen LogP contribution in [0.5, 0.6) is 0 Å². The molecular formula is C11H10O3. The van der Waals surface area contributed by atoms with Crippen molar-refractivity contribution in [3.8, 4) is 0 Å². The number of ether oxygens (including phenoxy) is 1. The highest BCUT2D eigenvalue weighted by Crippen LogP contribution is 2.59. The maximum atomic E-state index is 11.7. The standard InChI is InChI=1S/C11H10O3/c12-8-5-10-3-1-2-4-11(10,6-8)9(13)14-7-10/h1-4H,5-7H2/t10-,11+/m0/s1. The fourth-order valence-electron chi connectivity index (χ4n) is 2.85. The molecule has 2 aliphatic carbocycles. The van der Waals surface area contributed by atoms with Crippen molar-refractivity contribution in [2.75, 3.05) is 6.61 Å². The second-order valence-electron chi connectivity index (χ2n) is 4.31. The minimum atomic E-state index is -0.668. The van der Waals surface area contributed by atoms with Crippen LogP contribution in [0.2, 0.25) is 0 Å². The van der Waals surface area contributed by atoms with Gasteiger partial charge in [0.25, 0.3) is 0 Å². The smallest absolute Gasteiger partial charge is 0.317 e. The van der Waals surface area contributed by atoms with Crippen LogP contribution in [0.15, 0.2) is 24.3 Å². The lowest BCUT2D eigenvalue weighted by Crippen LogP contribution is -2.36. The van der Waals surface area contributed by atoms with Crippen LogP contribution in [-0.4, -0.2) is 18.4 Å². The summed E-state index contributed by atoms with van der Waals surface area (Å²) in [6.45, 7) is 0.360. The maximum Gasteiger partial charge on any atom is 0.317 e. The zero-order chi connectivity index (χ0) is 9.81. The Morgan fingerprint density at radius 1 is 1.14 bits per heavy atom. The first-order valence-corrected chi connectivity index (χ1v) is 4.75. The lowest BCUT2D eigenvalue weighted by atomic mass is 9.65. The molecule has 1 saturated heterocycles. The van der Waals surface area contributed by atoms with Gasteiger partial charge in [-0.3, -0.25) is 9.59 Å². The highest BCUT2D eigenvalue weighted by atomic mass is 16.5. The second kappa shape index (κ2) is 2.16. The number of hydrogen-bond acceptors (Lipinski definition) is 3. The van der Waals surface area contributed by atoms with Gasteiger partial charge in [-0.2, -0.15) is 0 Å². The minimum absolute atomic E-state index is 0.165. The predicted molar refractivity (Wildman–Crippen MR) is 48.3 cm³/mol. The van der Waals surface area contributed by atoms with Gasteiger partial charge < -0.3 is 4.74 Å². The largest absolute Gasteiger partial charge is 0.464 e. The molecule has 2 fully saturated rings. The lowest BCUT2D eigenvalue weighted by molar-refractivity contribution is -0.145. The minimum Gasteiger partial charge on any atom is -0.464 e. The molecule has 1 heterocycles. The molecule has 0 aromatic heterocycles. The molecule has 0 radical (unpaired) electrons. The summed E-state index contributed by atoms with van der Waals surface area (Å²) in [4.78, 5) is 23.2. The van der Waals surface area contributed by atoms with Crippen molar-refractivity contribution in [3.05, 3.63) is 24.3 Å². The van der Waals surface area contributed by atoms with E-state index in [1.807, 2.05) is 24.3 Å². The summed E-state index contributed by atoms with van der Waals surface area (Å²) in [7, 11) is 0. The van der Waals surface area contributed by atoms with Crippen LogP contribution in [0, 0.1) is 10.8 Å². The van der Waals surface area contributed by atoms with Gasteiger partial charge >= 0.3 is 5.97 Å². The van der Waals surface area contributed by atoms with Crippen molar-refractivity contribution >= 4 is 11.8 Å². The van der Waals surface area contributed by atoms with E-state index >= 15 is 0 Å². The van der Waals surface area contributed by atoms with E-state index in [0.29, 0.717) is 19.4 Å². The summed E-state index contributed by atoms with van der Waals surface area (Å²) >= 11 is 0. The van der Waals surface area contributed by atoms with Gasteiger partial charge in [-0.1, -0.05) is 24.3 Å². The Hall–Kier alpha value is -1.38. The first-order valence-electron chi connectivity index (χ1n) is 4.75. The summed E-state index contributed by atoms with van der Waals surface area (Å²) in [6, 6.07) is 0. The number of rotatable bonds is 0. The van der Waals surface area contributed by atoms with E-state index in [4.69, 9.17) is 4.74 Å². The van der Waals surface area contributed by atoms with Crippen molar-refractivity contribution in [2.24, 2.45) is 10.8 Å². The number of allylic oxidation sites excluding steroid dienone is 2. The van der Waals surface area contributed by atoms with E-state index in [-0.39, 0.29) is 17.2 Å². The molecule has 14 heavy (non-hydrogen) atoms. The average molecular weight is 190 g/mol. The highest BCUT2D eigenvalue weighted by molar-refractivity contribution is 5.96. The van der Waals surface area contributed by atoms with Crippen LogP contribution in [0.4, 0.5) is 0 Å². The van der Waals surface area contributed by atoms with Gasteiger partial charge in [-0.15, -0.1) is 0 Å². The Morgan fingerprint density at radius 3 is 2.71 bits per heavy atom. The van der Waals surface area contributed by atoms with E-state index in [1.54, 1.807) is 0 Å². The Bertz CT molecular complexity index is 393. The van der Waals surface area contributed by atoms with Crippen molar-refractivity contribution in [1.29, 1.82) is 0 Å². The number of carbonyl (C=O) groups is 2. The number of esters is 1. The zero-order valence-corrected chi connectivity index (χ0v) is 7.66. The molecule has 0 amide bonds. The fraction of sp³-hybridized carbons (Fsp3) is 0.455. The van der Waals surface area contributed by atoms with Gasteiger partial charge in [0.05, 0.1) is 0 Å². The molecule has 72 valence electrons. The third-order valence-corrected chi connectivity index (χ3v) is 3.61. The molecular weight excluding hydrogens is 180 g/mol. The van der Waals surface area contributed by atoms with E-state index in [0.717, 1.165) is 0 Å². The fourth-order valence-corrected chi connectivity index (χ4v) is 2.85. The van der Waals surface area contributed by atoms with Crippen molar-refractivity contribution in [1.82, 2.24) is 0 Å². The predicted octanol–water partition coefficient (Wildman–Crippen LogP) is 1.00. The van der Waals surface area contributed by atoms with Crippen LogP contribution in [0.3, 0.4) is 0 Å². The van der Waals surface area contributed by atoms with Gasteiger partial charge in [0, 0.05) is 18.3 Å². The summed E-state index contributed by atoms with van der Waals surface area (Å²) in [5.74, 6) is -0.0678. The summed E-state index contributed by atoms with van der Waals surface area (Å²) in [5.41, 5.74) is -1.03. The molecule has 0 N–H and O–H groups in total. The summed E-state index contributed by atoms with van der Waals surface area (Å²) in [5, 5.41) is 0. The first kappa shape index (κ1) is 7.97. The number of Topliss-reactive ketones (excluding diaryl/α,β-unsaturated/α-hetero) is 1. The van der Waals surface area contributed by atoms with Crippen molar-refractivity contribution < 1.29 is 14.3 Å². The van der Waals surface area contributed by atoms with Crippen LogP contribution in [0.25, 0.3) is 0 Å². The SMILES string of the molecule is O=C1C[C@]23C=CC=C[C@@]2(C1)C(=O)OC3.